The Labute approximate surface area is 142 Å². The van der Waals surface area contributed by atoms with Crippen LogP contribution in [0.3, 0.4) is 0 Å². The first-order valence-electron chi connectivity index (χ1n) is 8.49. The summed E-state index contributed by atoms with van der Waals surface area (Å²) in [7, 11) is 1.83. The number of para-hydroxylation sites is 2. The predicted molar refractivity (Wildman–Crippen MR) is 95.3 cm³/mol. The first-order valence-corrected chi connectivity index (χ1v) is 8.49. The number of benzene rings is 1. The molecular weight excluding hydrogens is 304 g/mol. The Morgan fingerprint density at radius 1 is 1.29 bits per heavy atom. The van der Waals surface area contributed by atoms with Gasteiger partial charge in [0.2, 0.25) is 5.95 Å². The zero-order valence-electron chi connectivity index (χ0n) is 14.9. The van der Waals surface area contributed by atoms with Crippen LogP contribution in [0.1, 0.15) is 33.6 Å². The number of fused-ring (bicyclic) bond motifs is 1. The summed E-state index contributed by atoms with van der Waals surface area (Å²) in [6.45, 7) is 7.42. The molecule has 1 aromatic heterocycles. The molecular formula is C18H26N4O2. The Kier molecular flexibility index (Phi) is 4.39. The normalized spacial score (nSPS) is 16.4. The van der Waals surface area contributed by atoms with E-state index in [1.54, 1.807) is 4.90 Å². The van der Waals surface area contributed by atoms with Crippen LogP contribution in [-0.4, -0.2) is 52.7 Å². The molecule has 0 spiro atoms. The number of nitrogens with one attached hydrogen (secondary N) is 1. The highest BCUT2D eigenvalue weighted by molar-refractivity contribution is 5.77. The summed E-state index contributed by atoms with van der Waals surface area (Å²) >= 11 is 0. The number of carbonyl (C=O) groups is 1. The molecule has 1 aliphatic heterocycles. The molecule has 1 fully saturated rings. The quantitative estimate of drug-likeness (QED) is 0.917. The third-order valence-electron chi connectivity index (χ3n) is 4.37. The number of amides is 1. The van der Waals surface area contributed by atoms with Crippen LogP contribution in [0.15, 0.2) is 24.3 Å². The topological polar surface area (TPSA) is 61.5 Å². The van der Waals surface area contributed by atoms with Crippen molar-refractivity contribution >= 4 is 23.1 Å². The molecule has 0 aliphatic carbocycles. The van der Waals surface area contributed by atoms with Crippen LogP contribution >= 0.6 is 0 Å². The summed E-state index contributed by atoms with van der Waals surface area (Å²) in [4.78, 5) is 24.2. The number of anilines is 1. The monoisotopic (exact) mass is 330 g/mol. The van der Waals surface area contributed by atoms with E-state index in [0.717, 1.165) is 42.9 Å². The van der Waals surface area contributed by atoms with E-state index >= 15 is 0 Å². The second kappa shape index (κ2) is 6.34. The van der Waals surface area contributed by atoms with Crippen molar-refractivity contribution in [1.29, 1.82) is 0 Å². The average Bonchev–Trinajstić information content (AvgIpc) is 2.96. The van der Waals surface area contributed by atoms with E-state index in [1.807, 2.05) is 52.1 Å². The fourth-order valence-electron chi connectivity index (χ4n) is 3.04. The molecule has 1 saturated heterocycles. The van der Waals surface area contributed by atoms with E-state index in [9.17, 15) is 4.79 Å². The van der Waals surface area contributed by atoms with Gasteiger partial charge in [-0.25, -0.2) is 9.78 Å². The van der Waals surface area contributed by atoms with Gasteiger partial charge in [-0.15, -0.1) is 0 Å². The van der Waals surface area contributed by atoms with Crippen LogP contribution in [-0.2, 0) is 4.74 Å². The van der Waals surface area contributed by atoms with Crippen molar-refractivity contribution in [1.82, 2.24) is 14.9 Å². The van der Waals surface area contributed by atoms with Gasteiger partial charge in [-0.05, 0) is 45.7 Å². The molecule has 0 radical (unpaired) electrons. The van der Waals surface area contributed by atoms with Crippen molar-refractivity contribution in [3.8, 4) is 0 Å². The average molecular weight is 330 g/mol. The second-order valence-electron chi connectivity index (χ2n) is 7.39. The molecule has 1 aliphatic rings. The van der Waals surface area contributed by atoms with E-state index in [4.69, 9.17) is 4.74 Å². The SMILES string of the molecule is CN(C(=O)OC(C)(C)C)C1CCN(c2nc3ccccc3[nH]2)CC1. The molecule has 0 bridgehead atoms. The van der Waals surface area contributed by atoms with Gasteiger partial charge in [0.05, 0.1) is 11.0 Å². The number of ether oxygens (including phenoxy) is 1. The Morgan fingerprint density at radius 3 is 2.58 bits per heavy atom. The zero-order valence-corrected chi connectivity index (χ0v) is 14.9. The highest BCUT2D eigenvalue weighted by Crippen LogP contribution is 2.23. The molecule has 2 aromatic rings. The third-order valence-corrected chi connectivity index (χ3v) is 4.37. The molecule has 130 valence electrons. The molecule has 0 atom stereocenters. The largest absolute Gasteiger partial charge is 0.444 e. The number of rotatable bonds is 2. The number of piperidine rings is 1. The number of nitrogens with zero attached hydrogens (tertiary/aromatic N) is 3. The number of aromatic amines is 1. The Hall–Kier alpha value is -2.24. The smallest absolute Gasteiger partial charge is 0.410 e. The molecule has 1 aromatic carbocycles. The van der Waals surface area contributed by atoms with E-state index in [-0.39, 0.29) is 12.1 Å². The maximum Gasteiger partial charge on any atom is 0.410 e. The van der Waals surface area contributed by atoms with E-state index in [0.29, 0.717) is 0 Å². The maximum absolute atomic E-state index is 12.2. The highest BCUT2D eigenvalue weighted by Gasteiger charge is 2.29. The number of hydrogen-bond acceptors (Lipinski definition) is 4. The van der Waals surface area contributed by atoms with Gasteiger partial charge >= 0.3 is 6.09 Å². The van der Waals surface area contributed by atoms with Crippen LogP contribution in [0.25, 0.3) is 11.0 Å². The molecule has 3 rings (SSSR count). The minimum atomic E-state index is -0.458. The molecule has 6 heteroatoms. The first-order chi connectivity index (χ1) is 11.3. The lowest BCUT2D eigenvalue weighted by Crippen LogP contribution is -2.47. The van der Waals surface area contributed by atoms with Crippen molar-refractivity contribution < 1.29 is 9.53 Å². The van der Waals surface area contributed by atoms with Crippen molar-refractivity contribution in [2.24, 2.45) is 0 Å². The third kappa shape index (κ3) is 3.63. The van der Waals surface area contributed by atoms with E-state index in [1.165, 1.54) is 0 Å². The second-order valence-corrected chi connectivity index (χ2v) is 7.39. The van der Waals surface area contributed by atoms with E-state index in [2.05, 4.69) is 14.9 Å². The van der Waals surface area contributed by atoms with Gasteiger partial charge < -0.3 is 19.5 Å². The van der Waals surface area contributed by atoms with Gasteiger partial charge in [-0.3, -0.25) is 0 Å². The van der Waals surface area contributed by atoms with Crippen LogP contribution in [0.4, 0.5) is 10.7 Å². The summed E-state index contributed by atoms with van der Waals surface area (Å²) in [6.07, 6.45) is 1.57. The van der Waals surface area contributed by atoms with Gasteiger partial charge in [-0.1, -0.05) is 12.1 Å². The first kappa shape index (κ1) is 16.6. The Morgan fingerprint density at radius 2 is 1.96 bits per heavy atom. The van der Waals surface area contributed by atoms with Gasteiger partial charge in [0, 0.05) is 26.2 Å². The van der Waals surface area contributed by atoms with Crippen LogP contribution in [0.2, 0.25) is 0 Å². The van der Waals surface area contributed by atoms with Gasteiger partial charge in [0.15, 0.2) is 0 Å². The highest BCUT2D eigenvalue weighted by atomic mass is 16.6. The molecule has 0 unspecified atom stereocenters. The lowest BCUT2D eigenvalue weighted by molar-refractivity contribution is 0.0201. The molecule has 1 N–H and O–H groups in total. The van der Waals surface area contributed by atoms with Crippen molar-refractivity contribution in [2.75, 3.05) is 25.0 Å². The van der Waals surface area contributed by atoms with Gasteiger partial charge in [-0.2, -0.15) is 0 Å². The van der Waals surface area contributed by atoms with Crippen molar-refractivity contribution in [3.05, 3.63) is 24.3 Å². The molecule has 24 heavy (non-hydrogen) atoms. The van der Waals surface area contributed by atoms with Crippen LogP contribution < -0.4 is 4.90 Å². The Bertz CT molecular complexity index is 678. The number of hydrogen-bond donors (Lipinski definition) is 1. The number of carbonyl (C=O) groups excluding carboxylic acids is 1. The Balaban J connectivity index is 1.60. The number of H-pyrrole nitrogens is 1. The summed E-state index contributed by atoms with van der Waals surface area (Å²) in [5.74, 6) is 0.912. The fourth-order valence-corrected chi connectivity index (χ4v) is 3.04. The fraction of sp³-hybridized carbons (Fsp3) is 0.556. The van der Waals surface area contributed by atoms with Gasteiger partial charge in [0.25, 0.3) is 0 Å². The number of aromatic nitrogens is 2. The minimum Gasteiger partial charge on any atom is -0.444 e. The van der Waals surface area contributed by atoms with E-state index < -0.39 is 5.60 Å². The molecule has 2 heterocycles. The van der Waals surface area contributed by atoms with Crippen LogP contribution in [0.5, 0.6) is 0 Å². The standard InChI is InChI=1S/C18H26N4O2/c1-18(2,3)24-17(23)21(4)13-9-11-22(12-10-13)16-19-14-7-5-6-8-15(14)20-16/h5-8,13H,9-12H2,1-4H3,(H,19,20). The predicted octanol–water partition coefficient (Wildman–Crippen LogP) is 3.40. The number of imidazole rings is 1. The van der Waals surface area contributed by atoms with Gasteiger partial charge in [0.1, 0.15) is 5.60 Å². The van der Waals surface area contributed by atoms with Crippen molar-refractivity contribution in [3.63, 3.8) is 0 Å². The summed E-state index contributed by atoms with van der Waals surface area (Å²) in [5, 5.41) is 0. The van der Waals surface area contributed by atoms with Crippen molar-refractivity contribution in [2.45, 2.75) is 45.3 Å². The summed E-state index contributed by atoms with van der Waals surface area (Å²) < 4.78 is 5.46. The summed E-state index contributed by atoms with van der Waals surface area (Å²) in [5.41, 5.74) is 1.58. The lowest BCUT2D eigenvalue weighted by Gasteiger charge is -2.37. The molecule has 1 amide bonds. The van der Waals surface area contributed by atoms with Crippen LogP contribution in [0, 0.1) is 0 Å². The minimum absolute atomic E-state index is 0.209. The lowest BCUT2D eigenvalue weighted by atomic mass is 10.0. The molecule has 6 nitrogen and oxygen atoms in total. The maximum atomic E-state index is 12.2. The molecule has 0 saturated carbocycles. The zero-order chi connectivity index (χ0) is 17.3. The summed E-state index contributed by atoms with van der Waals surface area (Å²) in [6, 6.07) is 8.26.